The first-order chi connectivity index (χ1) is 17.0. The number of aliphatic hydroxyl groups is 4. The Labute approximate surface area is 205 Å². The number of rotatable bonds is 9. The van der Waals surface area contributed by atoms with Gasteiger partial charge >= 0.3 is 27.3 Å². The zero-order valence-corrected chi connectivity index (χ0v) is 20.4. The average Bonchev–Trinajstić information content (AvgIpc) is 3.05. The van der Waals surface area contributed by atoms with Crippen LogP contribution in [-0.4, -0.2) is 100 Å². The van der Waals surface area contributed by atoms with Gasteiger partial charge in [-0.1, -0.05) is 6.92 Å². The summed E-state index contributed by atoms with van der Waals surface area (Å²) in [6.45, 7) is 0.128. The average molecular weight is 578 g/mol. The van der Waals surface area contributed by atoms with Crippen molar-refractivity contribution in [2.24, 2.45) is 5.92 Å². The van der Waals surface area contributed by atoms with Crippen LogP contribution in [0.5, 0.6) is 0 Å². The molecule has 19 nitrogen and oxygen atoms in total. The van der Waals surface area contributed by atoms with Gasteiger partial charge in [0, 0.05) is 18.2 Å². The molecule has 0 aromatic carbocycles. The topological polar surface area (TPSA) is 294 Å². The summed E-state index contributed by atoms with van der Waals surface area (Å²) in [6, 6.07) is 0.928. The molecule has 2 aliphatic rings. The molecule has 11 atom stereocenters. The molecule has 2 aliphatic heterocycles. The summed E-state index contributed by atoms with van der Waals surface area (Å²) in [6.07, 6.45) is -13.5. The van der Waals surface area contributed by atoms with Crippen molar-refractivity contribution in [3.05, 3.63) is 33.1 Å². The van der Waals surface area contributed by atoms with E-state index >= 15 is 0 Å². The minimum Gasteiger partial charge on any atom is -0.479 e. The number of carbonyl (C=O) groups is 1. The molecule has 3 heterocycles. The van der Waals surface area contributed by atoms with Gasteiger partial charge in [0.25, 0.3) is 5.56 Å². The number of nitrogens with one attached hydrogen (secondary N) is 1. The molecule has 37 heavy (non-hydrogen) atoms. The third kappa shape index (κ3) is 6.79. The van der Waals surface area contributed by atoms with Crippen LogP contribution in [0.3, 0.4) is 0 Å². The minimum absolute atomic E-state index is 0.723. The highest BCUT2D eigenvalue weighted by Crippen LogP contribution is 2.61. The number of carboxylic acid groups (broad SMARTS) is 1. The molecule has 0 saturated carbocycles. The maximum atomic E-state index is 12.3. The first-order valence-electron chi connectivity index (χ1n) is 10.3. The number of carboxylic acids is 1. The molecule has 0 amide bonds. The fourth-order valence-electron chi connectivity index (χ4n) is 3.52. The Balaban J connectivity index is 1.63. The Morgan fingerprint density at radius 3 is 2.30 bits per heavy atom. The van der Waals surface area contributed by atoms with E-state index in [1.807, 2.05) is 4.98 Å². The molecular formula is C16H24N2O17P2. The standard InChI is InChI=1S/C16H24N2O17P2/c1-5-8(20)10(22)12(14(24)25)33-15(5)34-37(29,30)35-36(27,28)31-4-6-9(21)11(23)13(32-6)18-3-2-7(19)17-16(18)26/h2-3,5-6,8-13,15,20-23H,4H2,1H3,(H,24,25)(H,27,28)(H,29,30)(H,17,19,26)/t5?,6-,8-,9+,10-,11?,12?,13-,15+/m1/s1. The van der Waals surface area contributed by atoms with E-state index in [1.165, 1.54) is 0 Å². The number of nitrogens with zero attached hydrogens (tertiary/aromatic N) is 1. The molecule has 8 N–H and O–H groups in total. The van der Waals surface area contributed by atoms with Crippen LogP contribution in [0.1, 0.15) is 13.2 Å². The fraction of sp³-hybridized carbons (Fsp3) is 0.688. The summed E-state index contributed by atoms with van der Waals surface area (Å²) in [5.74, 6) is -3.04. The first-order valence-corrected chi connectivity index (χ1v) is 13.3. The van der Waals surface area contributed by atoms with Gasteiger partial charge in [-0.05, 0) is 0 Å². The normalized spacial score (nSPS) is 37.5. The molecule has 5 unspecified atom stereocenters. The molecule has 0 spiro atoms. The summed E-state index contributed by atoms with van der Waals surface area (Å²) >= 11 is 0. The molecule has 1 aromatic rings. The zero-order chi connectivity index (χ0) is 27.9. The summed E-state index contributed by atoms with van der Waals surface area (Å²) in [5.41, 5.74) is -1.75. The molecular weight excluding hydrogens is 554 g/mol. The zero-order valence-electron chi connectivity index (χ0n) is 18.6. The highest BCUT2D eigenvalue weighted by atomic mass is 31.3. The van der Waals surface area contributed by atoms with E-state index in [0.29, 0.717) is 0 Å². The van der Waals surface area contributed by atoms with Gasteiger partial charge in [-0.3, -0.25) is 23.4 Å². The number of ether oxygens (including phenoxy) is 2. The highest BCUT2D eigenvalue weighted by Gasteiger charge is 2.50. The maximum absolute atomic E-state index is 12.3. The third-order valence-electron chi connectivity index (χ3n) is 5.46. The highest BCUT2D eigenvalue weighted by molar-refractivity contribution is 7.61. The third-order valence-corrected chi connectivity index (χ3v) is 8.06. The van der Waals surface area contributed by atoms with E-state index < -0.39 is 94.5 Å². The van der Waals surface area contributed by atoms with Crippen molar-refractivity contribution < 1.29 is 72.1 Å². The molecule has 210 valence electrons. The number of phosphoric ester groups is 2. The number of hydrogen-bond acceptors (Lipinski definition) is 14. The Morgan fingerprint density at radius 2 is 1.70 bits per heavy atom. The van der Waals surface area contributed by atoms with Crippen LogP contribution < -0.4 is 11.2 Å². The second kappa shape index (κ2) is 11.1. The van der Waals surface area contributed by atoms with Gasteiger partial charge in [0.05, 0.1) is 12.7 Å². The molecule has 0 aliphatic carbocycles. The number of aliphatic hydroxyl groups excluding tert-OH is 4. The number of phosphoric acid groups is 2. The van der Waals surface area contributed by atoms with E-state index in [0.717, 1.165) is 23.8 Å². The number of aromatic nitrogens is 2. The smallest absolute Gasteiger partial charge is 0.479 e. The van der Waals surface area contributed by atoms with Gasteiger partial charge in [0.1, 0.15) is 24.4 Å². The molecule has 2 fully saturated rings. The summed E-state index contributed by atoms with van der Waals surface area (Å²) in [4.78, 5) is 55.8. The molecule has 2 saturated heterocycles. The predicted octanol–water partition coefficient (Wildman–Crippen LogP) is -3.43. The van der Waals surface area contributed by atoms with Crippen molar-refractivity contribution in [2.75, 3.05) is 6.61 Å². The Kier molecular flexibility index (Phi) is 8.93. The summed E-state index contributed by atoms with van der Waals surface area (Å²) in [5, 5.41) is 49.0. The lowest BCUT2D eigenvalue weighted by Crippen LogP contribution is -2.56. The van der Waals surface area contributed by atoms with E-state index in [2.05, 4.69) is 13.4 Å². The van der Waals surface area contributed by atoms with Crippen molar-refractivity contribution >= 4 is 21.6 Å². The van der Waals surface area contributed by atoms with Crippen LogP contribution in [0.15, 0.2) is 21.9 Å². The van der Waals surface area contributed by atoms with Gasteiger partial charge in [0.2, 0.25) is 0 Å². The molecule has 0 bridgehead atoms. The Bertz CT molecular complexity index is 1200. The van der Waals surface area contributed by atoms with Crippen LogP contribution in [0.2, 0.25) is 0 Å². The van der Waals surface area contributed by atoms with Crippen LogP contribution in [0, 0.1) is 5.92 Å². The predicted molar refractivity (Wildman–Crippen MR) is 112 cm³/mol. The van der Waals surface area contributed by atoms with E-state index in [9.17, 15) is 53.7 Å². The quantitative estimate of drug-likeness (QED) is 0.132. The van der Waals surface area contributed by atoms with Crippen molar-refractivity contribution in [3.8, 4) is 0 Å². The SMILES string of the molecule is CC1[C@H](OP(=O)(O)OP(=O)(O)OC[C@H]2O[C@@H](n3ccc(=O)[nH]c3=O)C(O)[C@H]2O)OC(C(=O)O)[C@H](O)[C@@H]1O. The lowest BCUT2D eigenvalue weighted by Gasteiger charge is -2.39. The first kappa shape index (κ1) is 29.7. The Morgan fingerprint density at radius 1 is 1.05 bits per heavy atom. The number of aliphatic carboxylic acids is 1. The van der Waals surface area contributed by atoms with Gasteiger partial charge in [-0.15, -0.1) is 0 Å². The van der Waals surface area contributed by atoms with Crippen molar-refractivity contribution in [1.82, 2.24) is 9.55 Å². The largest absolute Gasteiger partial charge is 0.483 e. The second-order valence-electron chi connectivity index (χ2n) is 8.09. The molecule has 0 radical (unpaired) electrons. The Hall–Kier alpha value is -1.83. The van der Waals surface area contributed by atoms with Gasteiger partial charge in [-0.25, -0.2) is 18.7 Å². The van der Waals surface area contributed by atoms with Crippen LogP contribution >= 0.6 is 15.6 Å². The second-order valence-corrected chi connectivity index (χ2v) is 11.1. The lowest BCUT2D eigenvalue weighted by molar-refractivity contribution is -0.254. The molecule has 1 aromatic heterocycles. The lowest BCUT2D eigenvalue weighted by atomic mass is 9.92. The minimum atomic E-state index is -5.56. The molecule has 21 heteroatoms. The maximum Gasteiger partial charge on any atom is 0.483 e. The van der Waals surface area contributed by atoms with Crippen molar-refractivity contribution in [2.45, 2.75) is 56.1 Å². The van der Waals surface area contributed by atoms with Crippen LogP contribution in [0.25, 0.3) is 0 Å². The number of H-pyrrole nitrogens is 1. The van der Waals surface area contributed by atoms with Crippen LogP contribution in [0.4, 0.5) is 0 Å². The van der Waals surface area contributed by atoms with Crippen LogP contribution in [-0.2, 0) is 36.8 Å². The van der Waals surface area contributed by atoms with E-state index in [4.69, 9.17) is 14.6 Å². The van der Waals surface area contributed by atoms with Crippen molar-refractivity contribution in [3.63, 3.8) is 0 Å². The number of hydrogen-bond donors (Lipinski definition) is 8. The summed E-state index contributed by atoms with van der Waals surface area (Å²) in [7, 11) is -11.0. The summed E-state index contributed by atoms with van der Waals surface area (Å²) < 4.78 is 48.5. The van der Waals surface area contributed by atoms with Gasteiger partial charge in [0.15, 0.2) is 18.6 Å². The monoisotopic (exact) mass is 578 g/mol. The van der Waals surface area contributed by atoms with Crippen molar-refractivity contribution in [1.29, 1.82) is 0 Å². The van der Waals surface area contributed by atoms with Gasteiger partial charge < -0.3 is 44.8 Å². The number of aromatic amines is 1. The molecule has 3 rings (SSSR count). The fourth-order valence-corrected chi connectivity index (χ4v) is 5.75. The van der Waals surface area contributed by atoms with Gasteiger partial charge in [-0.2, -0.15) is 4.31 Å². The van der Waals surface area contributed by atoms with E-state index in [-0.39, 0.29) is 0 Å². The van der Waals surface area contributed by atoms with E-state index in [1.54, 1.807) is 0 Å².